The van der Waals surface area contributed by atoms with Crippen LogP contribution in [0.2, 0.25) is 0 Å². The summed E-state index contributed by atoms with van der Waals surface area (Å²) >= 11 is 0. The Morgan fingerprint density at radius 3 is 2.87 bits per heavy atom. The number of hydrogen-bond donors (Lipinski definition) is 1. The number of carbonyl (C=O) groups excluding carboxylic acids is 1. The summed E-state index contributed by atoms with van der Waals surface area (Å²) in [6.45, 7) is 2.63. The van der Waals surface area contributed by atoms with E-state index in [0.717, 1.165) is 17.8 Å². The van der Waals surface area contributed by atoms with Gasteiger partial charge < -0.3 is 9.88 Å². The summed E-state index contributed by atoms with van der Waals surface area (Å²) in [6.07, 6.45) is 2.42. The van der Waals surface area contributed by atoms with Gasteiger partial charge in [0.1, 0.15) is 11.3 Å². The second kappa shape index (κ2) is 5.05. The van der Waals surface area contributed by atoms with Crippen molar-refractivity contribution in [1.29, 1.82) is 0 Å². The summed E-state index contributed by atoms with van der Waals surface area (Å²) in [5.41, 5.74) is 2.76. The average molecular weight is 309 g/mol. The second-order valence-corrected chi connectivity index (χ2v) is 5.55. The molecule has 0 radical (unpaired) electrons. The predicted octanol–water partition coefficient (Wildman–Crippen LogP) is 1.14. The molecule has 1 N–H and O–H groups in total. The molecule has 1 amide bonds. The van der Waals surface area contributed by atoms with Crippen LogP contribution in [0, 0.1) is 0 Å². The van der Waals surface area contributed by atoms with Crippen LogP contribution in [-0.4, -0.2) is 30.4 Å². The number of aryl methyl sites for hydroxylation is 1. The quantitative estimate of drug-likeness (QED) is 0.786. The van der Waals surface area contributed by atoms with Gasteiger partial charge in [-0.05, 0) is 18.6 Å². The van der Waals surface area contributed by atoms with Crippen molar-refractivity contribution in [2.24, 2.45) is 0 Å². The summed E-state index contributed by atoms with van der Waals surface area (Å²) in [7, 11) is 0. The van der Waals surface area contributed by atoms with Gasteiger partial charge in [-0.2, -0.15) is 9.61 Å². The fourth-order valence-electron chi connectivity index (χ4n) is 2.85. The fourth-order valence-corrected chi connectivity index (χ4v) is 2.85. The highest BCUT2D eigenvalue weighted by Gasteiger charge is 2.32. The average Bonchev–Trinajstić information content (AvgIpc) is 3.12. The van der Waals surface area contributed by atoms with Crippen LogP contribution in [0.15, 0.2) is 35.3 Å². The van der Waals surface area contributed by atoms with E-state index in [1.807, 2.05) is 25.1 Å². The zero-order chi connectivity index (χ0) is 16.0. The summed E-state index contributed by atoms with van der Waals surface area (Å²) in [5.74, 6) is -0.176. The van der Waals surface area contributed by atoms with E-state index in [2.05, 4.69) is 15.1 Å². The van der Waals surface area contributed by atoms with E-state index in [1.165, 1.54) is 4.52 Å². The van der Waals surface area contributed by atoms with E-state index in [4.69, 9.17) is 0 Å². The molecule has 116 valence electrons. The molecule has 7 nitrogen and oxygen atoms in total. The van der Waals surface area contributed by atoms with Gasteiger partial charge in [0.15, 0.2) is 0 Å². The van der Waals surface area contributed by atoms with Crippen molar-refractivity contribution in [3.8, 4) is 0 Å². The van der Waals surface area contributed by atoms with E-state index >= 15 is 0 Å². The van der Waals surface area contributed by atoms with Crippen LogP contribution in [-0.2, 0) is 19.5 Å². The summed E-state index contributed by atoms with van der Waals surface area (Å²) in [4.78, 5) is 34.1. The lowest BCUT2D eigenvalue weighted by atomic mass is 10.2. The van der Waals surface area contributed by atoms with Crippen molar-refractivity contribution >= 4 is 11.6 Å². The lowest BCUT2D eigenvalue weighted by molar-refractivity contribution is 0.0760. The molecule has 0 aliphatic carbocycles. The Bertz CT molecular complexity index is 958. The minimum absolute atomic E-state index is 0.176. The summed E-state index contributed by atoms with van der Waals surface area (Å²) < 4.78 is 1.34. The van der Waals surface area contributed by atoms with E-state index in [0.29, 0.717) is 23.4 Å². The van der Waals surface area contributed by atoms with Gasteiger partial charge >= 0.3 is 0 Å². The molecule has 0 atom stereocenters. The first-order chi connectivity index (χ1) is 11.2. The maximum absolute atomic E-state index is 12.6. The van der Waals surface area contributed by atoms with Gasteiger partial charge in [-0.3, -0.25) is 14.6 Å². The molecule has 0 bridgehead atoms. The Hall–Kier alpha value is -2.96. The molecule has 0 saturated carbocycles. The molecule has 0 saturated heterocycles. The SMILES string of the molecule is CCc1cc2[nH]c3c(c(=O)n2n1)CN(Cc1ccccn1)C3=O. The third-order valence-electron chi connectivity index (χ3n) is 4.06. The monoisotopic (exact) mass is 309 g/mol. The molecular weight excluding hydrogens is 294 g/mol. The molecule has 1 aliphatic heterocycles. The zero-order valence-electron chi connectivity index (χ0n) is 12.6. The third-order valence-corrected chi connectivity index (χ3v) is 4.06. The van der Waals surface area contributed by atoms with Gasteiger partial charge in [0.2, 0.25) is 0 Å². The molecule has 23 heavy (non-hydrogen) atoms. The van der Waals surface area contributed by atoms with Crippen molar-refractivity contribution in [3.63, 3.8) is 0 Å². The number of amides is 1. The topological polar surface area (TPSA) is 83.4 Å². The number of H-pyrrole nitrogens is 1. The van der Waals surface area contributed by atoms with E-state index in [9.17, 15) is 9.59 Å². The number of pyridine rings is 1. The highest BCUT2D eigenvalue weighted by Crippen LogP contribution is 2.20. The van der Waals surface area contributed by atoms with Crippen LogP contribution in [0.5, 0.6) is 0 Å². The van der Waals surface area contributed by atoms with Crippen LogP contribution in [0.1, 0.15) is 34.4 Å². The smallest absolute Gasteiger partial charge is 0.280 e. The van der Waals surface area contributed by atoms with E-state index in [-0.39, 0.29) is 18.0 Å². The fraction of sp³-hybridized carbons (Fsp3) is 0.250. The Kier molecular flexibility index (Phi) is 3.00. The molecule has 3 aromatic heterocycles. The molecule has 0 unspecified atom stereocenters. The molecule has 3 aromatic rings. The van der Waals surface area contributed by atoms with Gasteiger partial charge in [-0.1, -0.05) is 13.0 Å². The van der Waals surface area contributed by atoms with Crippen molar-refractivity contribution in [1.82, 2.24) is 24.5 Å². The number of aromatic nitrogens is 4. The van der Waals surface area contributed by atoms with Gasteiger partial charge in [0, 0.05) is 12.3 Å². The Morgan fingerprint density at radius 1 is 1.26 bits per heavy atom. The molecule has 0 spiro atoms. The molecule has 4 heterocycles. The van der Waals surface area contributed by atoms with Crippen LogP contribution in [0.25, 0.3) is 5.65 Å². The standard InChI is InChI=1S/C16H15N5O2/c1-2-10-7-13-18-14-12(15(22)21(13)19-10)9-20(16(14)23)8-11-5-3-4-6-17-11/h3-7,18H,2,8-9H2,1H3. The maximum Gasteiger partial charge on any atom is 0.280 e. The summed E-state index contributed by atoms with van der Waals surface area (Å²) in [6, 6.07) is 7.37. The lowest BCUT2D eigenvalue weighted by Crippen LogP contribution is -2.24. The van der Waals surface area contributed by atoms with E-state index < -0.39 is 0 Å². The largest absolute Gasteiger partial charge is 0.335 e. The zero-order valence-corrected chi connectivity index (χ0v) is 12.6. The number of aromatic amines is 1. The normalized spacial score (nSPS) is 13.8. The third kappa shape index (κ3) is 2.12. The van der Waals surface area contributed by atoms with Crippen molar-refractivity contribution in [3.05, 3.63) is 63.5 Å². The first-order valence-corrected chi connectivity index (χ1v) is 7.50. The molecule has 0 aromatic carbocycles. The molecule has 4 rings (SSSR count). The van der Waals surface area contributed by atoms with Gasteiger partial charge in [0.05, 0.1) is 30.0 Å². The molecule has 7 heteroatoms. The van der Waals surface area contributed by atoms with Crippen LogP contribution >= 0.6 is 0 Å². The number of nitrogens with one attached hydrogen (secondary N) is 1. The van der Waals surface area contributed by atoms with Crippen molar-refractivity contribution < 1.29 is 4.79 Å². The molecular formula is C16H15N5O2. The van der Waals surface area contributed by atoms with Crippen LogP contribution in [0.3, 0.4) is 0 Å². The van der Waals surface area contributed by atoms with Gasteiger partial charge in [-0.25, -0.2) is 0 Å². The second-order valence-electron chi connectivity index (χ2n) is 5.55. The Labute approximate surface area is 131 Å². The number of carbonyl (C=O) groups is 1. The minimum atomic E-state index is -0.231. The highest BCUT2D eigenvalue weighted by molar-refractivity contribution is 5.96. The Morgan fingerprint density at radius 2 is 2.13 bits per heavy atom. The number of hydrogen-bond acceptors (Lipinski definition) is 4. The maximum atomic E-state index is 12.6. The van der Waals surface area contributed by atoms with Gasteiger partial charge in [-0.15, -0.1) is 0 Å². The number of rotatable bonds is 3. The first kappa shape index (κ1) is 13.7. The lowest BCUT2D eigenvalue weighted by Gasteiger charge is -2.14. The van der Waals surface area contributed by atoms with Gasteiger partial charge in [0.25, 0.3) is 11.5 Å². The summed E-state index contributed by atoms with van der Waals surface area (Å²) in [5, 5.41) is 4.27. The Balaban J connectivity index is 1.74. The molecule has 1 aliphatic rings. The van der Waals surface area contributed by atoms with Crippen molar-refractivity contribution in [2.45, 2.75) is 26.4 Å². The predicted molar refractivity (Wildman–Crippen MR) is 83.0 cm³/mol. The van der Waals surface area contributed by atoms with Crippen LogP contribution < -0.4 is 5.56 Å². The van der Waals surface area contributed by atoms with Crippen molar-refractivity contribution in [2.75, 3.05) is 0 Å². The van der Waals surface area contributed by atoms with E-state index in [1.54, 1.807) is 17.2 Å². The number of fused-ring (bicyclic) bond motifs is 2. The van der Waals surface area contributed by atoms with Crippen LogP contribution in [0.4, 0.5) is 0 Å². The molecule has 0 fully saturated rings. The minimum Gasteiger partial charge on any atom is -0.335 e. The highest BCUT2D eigenvalue weighted by atomic mass is 16.2. The number of nitrogens with zero attached hydrogens (tertiary/aromatic N) is 4. The first-order valence-electron chi connectivity index (χ1n) is 7.50.